The fraction of sp³-hybridized carbons (Fsp3) is 0.143. The van der Waals surface area contributed by atoms with Crippen LogP contribution in [0.2, 0.25) is 0 Å². The molecule has 0 bridgehead atoms. The van der Waals surface area contributed by atoms with E-state index in [2.05, 4.69) is 25.7 Å². The first-order valence-corrected chi connectivity index (χ1v) is 12.2. The monoisotopic (exact) mass is 563 g/mol. The fourth-order valence-corrected chi connectivity index (χ4v) is 4.29. The van der Waals surface area contributed by atoms with Gasteiger partial charge in [-0.3, -0.25) is 14.6 Å². The van der Waals surface area contributed by atoms with E-state index in [9.17, 15) is 27.2 Å². The van der Waals surface area contributed by atoms with Gasteiger partial charge in [0.1, 0.15) is 11.5 Å². The number of aromatic nitrogens is 6. The Morgan fingerprint density at radius 2 is 1.73 bits per heavy atom. The van der Waals surface area contributed by atoms with Crippen LogP contribution in [0.4, 0.5) is 17.6 Å². The van der Waals surface area contributed by atoms with Crippen LogP contribution in [0.5, 0.6) is 0 Å². The minimum Gasteiger partial charge on any atom is -0.344 e. The maximum atomic E-state index is 14.7. The molecule has 9 nitrogen and oxygen atoms in total. The SMILES string of the molecule is C[C@@H](NC(=O)c1cc(-c2ccccc2)c(=O)n(-c2cncc(-c3cnnn3C)c2)n1)c1cccc(C(F)(F)F)c1F. The average Bonchev–Trinajstić information content (AvgIpc) is 3.38. The molecular weight excluding hydrogens is 542 g/mol. The lowest BCUT2D eigenvalue weighted by Gasteiger charge is -2.18. The molecule has 1 amide bonds. The molecule has 208 valence electrons. The highest BCUT2D eigenvalue weighted by Crippen LogP contribution is 2.34. The Bertz CT molecular complexity index is 1800. The summed E-state index contributed by atoms with van der Waals surface area (Å²) >= 11 is 0. The van der Waals surface area contributed by atoms with Gasteiger partial charge in [-0.05, 0) is 30.7 Å². The summed E-state index contributed by atoms with van der Waals surface area (Å²) in [4.78, 5) is 31.1. The van der Waals surface area contributed by atoms with Crippen LogP contribution >= 0.6 is 0 Å². The van der Waals surface area contributed by atoms with Gasteiger partial charge in [0.2, 0.25) is 0 Å². The van der Waals surface area contributed by atoms with E-state index in [0.717, 1.165) is 16.8 Å². The largest absolute Gasteiger partial charge is 0.419 e. The van der Waals surface area contributed by atoms with Crippen molar-refractivity contribution in [2.45, 2.75) is 19.1 Å². The Hall–Kier alpha value is -5.20. The lowest BCUT2D eigenvalue weighted by Crippen LogP contribution is -2.32. The van der Waals surface area contributed by atoms with Crippen LogP contribution in [0.25, 0.3) is 28.1 Å². The quantitative estimate of drug-likeness (QED) is 0.299. The van der Waals surface area contributed by atoms with Crippen molar-refractivity contribution in [3.63, 3.8) is 0 Å². The van der Waals surface area contributed by atoms with Crippen LogP contribution in [0.1, 0.15) is 34.6 Å². The van der Waals surface area contributed by atoms with Crippen molar-refractivity contribution >= 4 is 5.91 Å². The summed E-state index contributed by atoms with van der Waals surface area (Å²) in [5.41, 5.74) is -0.512. The zero-order chi connectivity index (χ0) is 29.3. The lowest BCUT2D eigenvalue weighted by molar-refractivity contribution is -0.140. The first-order valence-electron chi connectivity index (χ1n) is 12.2. The zero-order valence-corrected chi connectivity index (χ0v) is 21.6. The molecule has 5 aromatic rings. The van der Waals surface area contributed by atoms with E-state index in [1.54, 1.807) is 49.6 Å². The molecule has 2 aromatic carbocycles. The molecule has 5 rings (SSSR count). The van der Waals surface area contributed by atoms with Crippen molar-refractivity contribution in [3.05, 3.63) is 112 Å². The van der Waals surface area contributed by atoms with E-state index in [-0.39, 0.29) is 22.5 Å². The Morgan fingerprint density at radius 3 is 2.41 bits per heavy atom. The molecule has 0 saturated heterocycles. The number of amides is 1. The number of aryl methyl sites for hydroxylation is 1. The summed E-state index contributed by atoms with van der Waals surface area (Å²) in [7, 11) is 1.69. The van der Waals surface area contributed by atoms with Crippen molar-refractivity contribution in [1.29, 1.82) is 0 Å². The zero-order valence-electron chi connectivity index (χ0n) is 21.6. The molecule has 3 heterocycles. The van der Waals surface area contributed by atoms with Gasteiger partial charge in [0.25, 0.3) is 11.5 Å². The molecule has 0 spiro atoms. The van der Waals surface area contributed by atoms with Gasteiger partial charge in [0.15, 0.2) is 0 Å². The molecule has 13 heteroatoms. The Morgan fingerprint density at radius 1 is 0.976 bits per heavy atom. The van der Waals surface area contributed by atoms with Crippen LogP contribution in [0, 0.1) is 5.82 Å². The van der Waals surface area contributed by atoms with Gasteiger partial charge in [-0.25, -0.2) is 9.07 Å². The molecular formula is C28H21F4N7O2. The second-order valence-corrected chi connectivity index (χ2v) is 9.10. The van der Waals surface area contributed by atoms with Crippen molar-refractivity contribution in [2.75, 3.05) is 0 Å². The van der Waals surface area contributed by atoms with Gasteiger partial charge in [-0.1, -0.05) is 47.7 Å². The molecule has 1 N–H and O–H groups in total. The number of nitrogens with one attached hydrogen (secondary N) is 1. The highest BCUT2D eigenvalue weighted by molar-refractivity contribution is 5.93. The van der Waals surface area contributed by atoms with Gasteiger partial charge in [0.05, 0.1) is 40.9 Å². The smallest absolute Gasteiger partial charge is 0.344 e. The number of benzene rings is 2. The highest BCUT2D eigenvalue weighted by Gasteiger charge is 2.35. The first-order chi connectivity index (χ1) is 19.5. The summed E-state index contributed by atoms with van der Waals surface area (Å²) in [6.45, 7) is 1.35. The summed E-state index contributed by atoms with van der Waals surface area (Å²) in [6, 6.07) is 13.1. The van der Waals surface area contributed by atoms with Crippen LogP contribution in [-0.4, -0.2) is 35.7 Å². The minimum atomic E-state index is -4.90. The predicted molar refractivity (Wildman–Crippen MR) is 140 cm³/mol. The second kappa shape index (κ2) is 10.8. The fourth-order valence-electron chi connectivity index (χ4n) is 4.29. The molecule has 0 aliphatic heterocycles. The van der Waals surface area contributed by atoms with Crippen LogP contribution in [0.15, 0.2) is 84.0 Å². The molecule has 0 saturated carbocycles. The maximum absolute atomic E-state index is 14.7. The van der Waals surface area contributed by atoms with E-state index in [1.165, 1.54) is 30.1 Å². The summed E-state index contributed by atoms with van der Waals surface area (Å²) in [5.74, 6) is -2.32. The summed E-state index contributed by atoms with van der Waals surface area (Å²) in [6.07, 6.45) is -0.448. The number of alkyl halides is 3. The third kappa shape index (κ3) is 5.46. The number of nitrogens with zero attached hydrogens (tertiary/aromatic N) is 6. The van der Waals surface area contributed by atoms with Gasteiger partial charge in [0, 0.05) is 24.4 Å². The van der Waals surface area contributed by atoms with Gasteiger partial charge in [-0.2, -0.15) is 23.0 Å². The minimum absolute atomic E-state index is 0.135. The lowest BCUT2D eigenvalue weighted by atomic mass is 10.0. The molecule has 41 heavy (non-hydrogen) atoms. The number of carbonyl (C=O) groups is 1. The van der Waals surface area contributed by atoms with Crippen molar-refractivity contribution < 1.29 is 22.4 Å². The third-order valence-corrected chi connectivity index (χ3v) is 6.36. The van der Waals surface area contributed by atoms with Crippen LogP contribution in [0.3, 0.4) is 0 Å². The standard InChI is InChI=1S/C28H21F4N7O2/c1-16(20-9-6-10-22(25(20)29)28(30,31)32)35-26(40)23-12-21(17-7-4-3-5-8-17)27(41)39(36-23)19-11-18(13-33-14-19)24-15-34-37-38(24)2/h3-16H,1-2H3,(H,35,40)/t16-/m1/s1. The van der Waals surface area contributed by atoms with E-state index in [0.29, 0.717) is 22.9 Å². The van der Waals surface area contributed by atoms with Gasteiger partial charge >= 0.3 is 6.18 Å². The van der Waals surface area contributed by atoms with Crippen LogP contribution in [-0.2, 0) is 13.2 Å². The predicted octanol–water partition coefficient (Wildman–Crippen LogP) is 4.74. The van der Waals surface area contributed by atoms with Crippen molar-refractivity contribution in [1.82, 2.24) is 35.1 Å². The average molecular weight is 564 g/mol. The number of pyridine rings is 1. The first kappa shape index (κ1) is 27.4. The highest BCUT2D eigenvalue weighted by atomic mass is 19.4. The third-order valence-electron chi connectivity index (χ3n) is 6.36. The van der Waals surface area contributed by atoms with Gasteiger partial charge in [-0.15, -0.1) is 5.10 Å². The Labute approximate surface area is 230 Å². The van der Waals surface area contributed by atoms with E-state index in [4.69, 9.17) is 0 Å². The molecule has 0 radical (unpaired) electrons. The molecule has 0 aliphatic rings. The second-order valence-electron chi connectivity index (χ2n) is 9.10. The Kier molecular flexibility index (Phi) is 7.18. The Balaban J connectivity index is 1.58. The number of rotatable bonds is 6. The number of halogens is 4. The summed E-state index contributed by atoms with van der Waals surface area (Å²) < 4.78 is 56.9. The molecule has 0 aliphatic carbocycles. The van der Waals surface area contributed by atoms with Crippen LogP contribution < -0.4 is 10.9 Å². The van der Waals surface area contributed by atoms with E-state index < -0.39 is 35.1 Å². The number of hydrogen-bond acceptors (Lipinski definition) is 6. The summed E-state index contributed by atoms with van der Waals surface area (Å²) in [5, 5.41) is 14.5. The molecule has 0 unspecified atom stereocenters. The molecule has 3 aromatic heterocycles. The maximum Gasteiger partial charge on any atom is 0.419 e. The number of carbonyl (C=O) groups excluding carboxylic acids is 1. The van der Waals surface area contributed by atoms with Gasteiger partial charge < -0.3 is 5.32 Å². The number of hydrogen-bond donors (Lipinski definition) is 1. The topological polar surface area (TPSA) is 108 Å². The van der Waals surface area contributed by atoms with Crippen molar-refractivity contribution in [3.8, 4) is 28.1 Å². The normalized spacial score (nSPS) is 12.2. The molecule has 1 atom stereocenters. The molecule has 0 fully saturated rings. The van der Waals surface area contributed by atoms with Crippen molar-refractivity contribution in [2.24, 2.45) is 7.05 Å². The van der Waals surface area contributed by atoms with E-state index >= 15 is 0 Å². The van der Waals surface area contributed by atoms with E-state index in [1.807, 2.05) is 0 Å².